The van der Waals surface area contributed by atoms with Gasteiger partial charge in [0.05, 0.1) is 17.0 Å². The molecule has 2 heterocycles. The van der Waals surface area contributed by atoms with E-state index in [1.54, 1.807) is 0 Å². The predicted molar refractivity (Wildman–Crippen MR) is 70.8 cm³/mol. The third-order valence-electron chi connectivity index (χ3n) is 3.31. The molecular weight excluding hydrogens is 292 g/mol. The second-order valence-corrected chi connectivity index (χ2v) is 6.87. The number of nitrogens with zero attached hydrogens (tertiary/aromatic N) is 1. The molecule has 1 N–H and O–H groups in total. The van der Waals surface area contributed by atoms with Crippen LogP contribution in [-0.4, -0.2) is 43.5 Å². The Bertz CT molecular complexity index is 628. The first-order valence-corrected chi connectivity index (χ1v) is 7.63. The number of ether oxygens (including phenoxy) is 1. The van der Waals surface area contributed by atoms with Gasteiger partial charge in [0.15, 0.2) is 0 Å². The largest absolute Gasteiger partial charge is 0.377 e. The van der Waals surface area contributed by atoms with Crippen LogP contribution in [0, 0.1) is 0 Å². The Morgan fingerprint density at radius 1 is 1.53 bits per heavy atom. The lowest BCUT2D eigenvalue weighted by Crippen LogP contribution is -2.41. The molecule has 19 heavy (non-hydrogen) atoms. The van der Waals surface area contributed by atoms with Gasteiger partial charge in [0.2, 0.25) is 10.0 Å². The van der Waals surface area contributed by atoms with Crippen molar-refractivity contribution in [3.63, 3.8) is 0 Å². The van der Waals surface area contributed by atoms with Crippen LogP contribution in [0.3, 0.4) is 0 Å². The van der Waals surface area contributed by atoms with E-state index >= 15 is 0 Å². The summed E-state index contributed by atoms with van der Waals surface area (Å²) in [7, 11) is -2.19. The number of hydrogen-bond acceptors (Lipinski definition) is 4. The highest BCUT2D eigenvalue weighted by molar-refractivity contribution is 7.89. The minimum absolute atomic E-state index is 0.0290. The third kappa shape index (κ3) is 2.69. The van der Waals surface area contributed by atoms with E-state index in [1.165, 1.54) is 11.4 Å². The van der Waals surface area contributed by atoms with Crippen molar-refractivity contribution >= 4 is 21.6 Å². The molecule has 0 amide bonds. The Morgan fingerprint density at radius 2 is 2.21 bits per heavy atom. The normalized spacial score (nSPS) is 24.0. The number of hydrogen-bond donors (Lipinski definition) is 1. The molecule has 1 aromatic rings. The Labute approximate surface area is 116 Å². The fourth-order valence-corrected chi connectivity index (χ4v) is 3.81. The number of aromatic nitrogens is 1. The lowest BCUT2D eigenvalue weighted by molar-refractivity contribution is 0.102. The van der Waals surface area contributed by atoms with E-state index in [2.05, 4.69) is 4.98 Å². The molecule has 0 aromatic carbocycles. The zero-order chi connectivity index (χ0) is 14.2. The lowest BCUT2D eigenvalue weighted by Gasteiger charge is -2.25. The van der Waals surface area contributed by atoms with Crippen molar-refractivity contribution in [3.05, 3.63) is 27.6 Å². The molecule has 0 radical (unpaired) electrons. The topological polar surface area (TPSA) is 79.5 Å². The van der Waals surface area contributed by atoms with Crippen LogP contribution in [0.15, 0.2) is 22.0 Å². The minimum Gasteiger partial charge on any atom is -0.377 e. The highest BCUT2D eigenvalue weighted by atomic mass is 35.5. The number of pyridine rings is 1. The molecule has 1 aliphatic rings. The number of aromatic amines is 1. The van der Waals surface area contributed by atoms with E-state index < -0.39 is 15.6 Å². The number of likely N-dealkylation sites (N-methyl/N-ethyl adjacent to an activating group) is 1. The van der Waals surface area contributed by atoms with Gasteiger partial charge < -0.3 is 9.72 Å². The van der Waals surface area contributed by atoms with Gasteiger partial charge in [0, 0.05) is 19.9 Å². The average molecular weight is 307 g/mol. The molecule has 2 atom stereocenters. The van der Waals surface area contributed by atoms with Gasteiger partial charge in [0.1, 0.15) is 5.02 Å². The smallest absolute Gasteiger partial charge is 0.266 e. The molecule has 1 aromatic heterocycles. The van der Waals surface area contributed by atoms with Crippen LogP contribution >= 0.6 is 11.6 Å². The molecule has 0 bridgehead atoms. The summed E-state index contributed by atoms with van der Waals surface area (Å²) in [4.78, 5) is 13.4. The number of H-pyrrole nitrogens is 1. The monoisotopic (exact) mass is 306 g/mol. The minimum atomic E-state index is -3.70. The molecule has 0 spiro atoms. The first kappa shape index (κ1) is 14.5. The highest BCUT2D eigenvalue weighted by Gasteiger charge is 2.35. The fourth-order valence-electron chi connectivity index (χ4n) is 2.13. The Hall–Kier alpha value is -0.890. The zero-order valence-electron chi connectivity index (χ0n) is 10.6. The summed E-state index contributed by atoms with van der Waals surface area (Å²) in [5.41, 5.74) is -0.513. The number of rotatable bonds is 3. The molecule has 8 heteroatoms. The van der Waals surface area contributed by atoms with Crippen molar-refractivity contribution in [2.75, 3.05) is 13.7 Å². The van der Waals surface area contributed by atoms with Crippen LogP contribution in [0.1, 0.15) is 13.3 Å². The van der Waals surface area contributed by atoms with Crippen molar-refractivity contribution in [3.8, 4) is 0 Å². The summed E-state index contributed by atoms with van der Waals surface area (Å²) in [5, 5.41) is -0.148. The number of nitrogens with one attached hydrogen (secondary N) is 1. The Kier molecular flexibility index (Phi) is 4.00. The van der Waals surface area contributed by atoms with Crippen LogP contribution in [-0.2, 0) is 14.8 Å². The van der Waals surface area contributed by atoms with Crippen LogP contribution in [0.25, 0.3) is 0 Å². The second-order valence-electron chi connectivity index (χ2n) is 4.47. The molecule has 6 nitrogen and oxygen atoms in total. The van der Waals surface area contributed by atoms with Crippen molar-refractivity contribution < 1.29 is 13.2 Å². The van der Waals surface area contributed by atoms with E-state index in [0.717, 1.165) is 12.3 Å². The summed E-state index contributed by atoms with van der Waals surface area (Å²) in [6.45, 7) is 2.38. The summed E-state index contributed by atoms with van der Waals surface area (Å²) < 4.78 is 31.5. The maximum Gasteiger partial charge on any atom is 0.266 e. The SMILES string of the molecule is CC1OCCC1N(C)S(=O)(=O)c1c[nH]c(=O)c(Cl)c1. The number of halogens is 1. The van der Waals surface area contributed by atoms with Gasteiger partial charge in [-0.1, -0.05) is 11.6 Å². The molecule has 0 saturated carbocycles. The van der Waals surface area contributed by atoms with E-state index in [9.17, 15) is 13.2 Å². The molecule has 106 valence electrons. The molecule has 2 rings (SSSR count). The van der Waals surface area contributed by atoms with Crippen LogP contribution in [0.5, 0.6) is 0 Å². The maximum absolute atomic E-state index is 12.4. The standard InChI is InChI=1S/C11H15ClN2O4S/c1-7-10(3-4-18-7)14(2)19(16,17)8-5-9(12)11(15)13-6-8/h5-7,10H,3-4H2,1-2H3,(H,13,15). The van der Waals surface area contributed by atoms with Crippen molar-refractivity contribution in [1.82, 2.24) is 9.29 Å². The second kappa shape index (κ2) is 5.24. The quantitative estimate of drug-likeness (QED) is 0.897. The third-order valence-corrected chi connectivity index (χ3v) is 5.45. The lowest BCUT2D eigenvalue weighted by atomic mass is 10.2. The highest BCUT2D eigenvalue weighted by Crippen LogP contribution is 2.24. The average Bonchev–Trinajstić information content (AvgIpc) is 2.77. The van der Waals surface area contributed by atoms with Gasteiger partial charge in [-0.3, -0.25) is 4.79 Å². The predicted octanol–water partition coefficient (Wildman–Crippen LogP) is 0.826. The Morgan fingerprint density at radius 3 is 2.74 bits per heavy atom. The van der Waals surface area contributed by atoms with Gasteiger partial charge in [-0.05, 0) is 19.4 Å². The number of sulfonamides is 1. The van der Waals surface area contributed by atoms with Gasteiger partial charge in [0.25, 0.3) is 5.56 Å². The molecular formula is C11H15ClN2O4S. The summed E-state index contributed by atoms with van der Waals surface area (Å²) in [5.74, 6) is 0. The molecule has 2 unspecified atom stereocenters. The molecule has 1 fully saturated rings. The van der Waals surface area contributed by atoms with E-state index in [-0.39, 0.29) is 22.1 Å². The molecule has 1 saturated heterocycles. The van der Waals surface area contributed by atoms with Gasteiger partial charge in [-0.25, -0.2) is 8.42 Å². The summed E-state index contributed by atoms with van der Waals surface area (Å²) >= 11 is 5.66. The molecule has 0 aliphatic carbocycles. The van der Waals surface area contributed by atoms with E-state index in [0.29, 0.717) is 13.0 Å². The van der Waals surface area contributed by atoms with Crippen molar-refractivity contribution in [2.24, 2.45) is 0 Å². The first-order valence-electron chi connectivity index (χ1n) is 5.82. The summed E-state index contributed by atoms with van der Waals surface area (Å²) in [6.07, 6.45) is 1.65. The van der Waals surface area contributed by atoms with Gasteiger partial charge >= 0.3 is 0 Å². The van der Waals surface area contributed by atoms with E-state index in [4.69, 9.17) is 16.3 Å². The maximum atomic E-state index is 12.4. The van der Waals surface area contributed by atoms with Gasteiger partial charge in [-0.2, -0.15) is 4.31 Å². The molecule has 1 aliphatic heterocycles. The van der Waals surface area contributed by atoms with Gasteiger partial charge in [-0.15, -0.1) is 0 Å². The van der Waals surface area contributed by atoms with Crippen molar-refractivity contribution in [2.45, 2.75) is 30.4 Å². The van der Waals surface area contributed by atoms with Crippen LogP contribution in [0.2, 0.25) is 5.02 Å². The Balaban J connectivity index is 2.36. The summed E-state index contributed by atoms with van der Waals surface area (Å²) in [6, 6.07) is 0.947. The van der Waals surface area contributed by atoms with Crippen LogP contribution < -0.4 is 5.56 Å². The first-order chi connectivity index (χ1) is 8.84. The van der Waals surface area contributed by atoms with Crippen LogP contribution in [0.4, 0.5) is 0 Å². The fraction of sp³-hybridized carbons (Fsp3) is 0.545. The van der Waals surface area contributed by atoms with E-state index in [1.807, 2.05) is 6.92 Å². The van der Waals surface area contributed by atoms with Crippen molar-refractivity contribution in [1.29, 1.82) is 0 Å². The zero-order valence-corrected chi connectivity index (χ0v) is 12.2.